The molecule has 1 aliphatic rings. The summed E-state index contributed by atoms with van der Waals surface area (Å²) in [6, 6.07) is 5.13. The number of hydrogen-bond acceptors (Lipinski definition) is 4. The molecule has 1 aromatic carbocycles. The standard InChI is InChI=1S/C14H20N2O3/c15-13-6-1-9(14(18)19)7-10(13)8-16-11-2-4-12(17)5-3-11/h1,6-7,11-12,16-17H,2-5,8,15H2,(H,18,19). The molecule has 0 saturated heterocycles. The number of rotatable bonds is 4. The van der Waals surface area contributed by atoms with E-state index in [0.29, 0.717) is 18.3 Å². The molecule has 5 N–H and O–H groups in total. The average Bonchev–Trinajstić information content (AvgIpc) is 2.39. The Bertz CT molecular complexity index is 454. The lowest BCUT2D eigenvalue weighted by Crippen LogP contribution is -2.34. The van der Waals surface area contributed by atoms with Crippen molar-refractivity contribution in [3.8, 4) is 0 Å². The largest absolute Gasteiger partial charge is 0.478 e. The Labute approximate surface area is 112 Å². The normalized spacial score (nSPS) is 23.2. The zero-order valence-corrected chi connectivity index (χ0v) is 10.8. The van der Waals surface area contributed by atoms with Crippen LogP contribution >= 0.6 is 0 Å². The second kappa shape index (κ2) is 6.04. The van der Waals surface area contributed by atoms with Crippen molar-refractivity contribution in [3.05, 3.63) is 29.3 Å². The lowest BCUT2D eigenvalue weighted by molar-refractivity contribution is 0.0696. The SMILES string of the molecule is Nc1ccc(C(=O)O)cc1CNC1CCC(O)CC1. The van der Waals surface area contributed by atoms with Crippen LogP contribution in [0.4, 0.5) is 5.69 Å². The van der Waals surface area contributed by atoms with Crippen LogP contribution in [0.2, 0.25) is 0 Å². The third-order valence-corrected chi connectivity index (χ3v) is 3.67. The van der Waals surface area contributed by atoms with Crippen LogP contribution in [0, 0.1) is 0 Å². The van der Waals surface area contributed by atoms with E-state index in [-0.39, 0.29) is 11.7 Å². The first-order valence-electron chi connectivity index (χ1n) is 6.59. The molecule has 0 bridgehead atoms. The molecule has 0 spiro atoms. The maximum atomic E-state index is 10.9. The first-order chi connectivity index (χ1) is 9.06. The summed E-state index contributed by atoms with van der Waals surface area (Å²) in [6.45, 7) is 0.563. The number of carboxylic acid groups (broad SMARTS) is 1. The Morgan fingerprint density at radius 1 is 1.32 bits per heavy atom. The van der Waals surface area contributed by atoms with Gasteiger partial charge < -0.3 is 21.3 Å². The summed E-state index contributed by atoms with van der Waals surface area (Å²) in [5.74, 6) is -0.943. The zero-order chi connectivity index (χ0) is 13.8. The third-order valence-electron chi connectivity index (χ3n) is 3.67. The molecule has 104 valence electrons. The van der Waals surface area contributed by atoms with Gasteiger partial charge in [0.1, 0.15) is 0 Å². The van der Waals surface area contributed by atoms with E-state index in [4.69, 9.17) is 10.8 Å². The number of anilines is 1. The average molecular weight is 264 g/mol. The Morgan fingerprint density at radius 2 is 2.00 bits per heavy atom. The van der Waals surface area contributed by atoms with Gasteiger partial charge >= 0.3 is 5.97 Å². The highest BCUT2D eigenvalue weighted by Gasteiger charge is 2.19. The van der Waals surface area contributed by atoms with Crippen molar-refractivity contribution in [2.45, 2.75) is 44.4 Å². The number of benzene rings is 1. The van der Waals surface area contributed by atoms with Crippen molar-refractivity contribution >= 4 is 11.7 Å². The summed E-state index contributed by atoms with van der Waals surface area (Å²) in [6.07, 6.45) is 3.36. The lowest BCUT2D eigenvalue weighted by atomic mass is 9.93. The Balaban J connectivity index is 1.95. The molecule has 5 nitrogen and oxygen atoms in total. The van der Waals surface area contributed by atoms with Crippen LogP contribution in [0.5, 0.6) is 0 Å². The zero-order valence-electron chi connectivity index (χ0n) is 10.8. The third kappa shape index (κ3) is 3.68. The topological polar surface area (TPSA) is 95.6 Å². The number of carboxylic acids is 1. The van der Waals surface area contributed by atoms with Crippen molar-refractivity contribution in [3.63, 3.8) is 0 Å². The maximum Gasteiger partial charge on any atom is 0.335 e. The predicted octanol–water partition coefficient (Wildman–Crippen LogP) is 1.36. The number of aliphatic hydroxyl groups excluding tert-OH is 1. The number of aromatic carboxylic acids is 1. The van der Waals surface area contributed by atoms with Crippen LogP contribution in [-0.4, -0.2) is 28.3 Å². The minimum atomic E-state index is -0.943. The molecule has 0 atom stereocenters. The molecule has 0 radical (unpaired) electrons. The van der Waals surface area contributed by atoms with Crippen LogP contribution in [0.1, 0.15) is 41.6 Å². The molecule has 0 aromatic heterocycles. The number of hydrogen-bond donors (Lipinski definition) is 4. The second-order valence-corrected chi connectivity index (χ2v) is 5.11. The van der Waals surface area contributed by atoms with E-state index in [1.54, 1.807) is 12.1 Å². The van der Waals surface area contributed by atoms with Gasteiger partial charge in [0.05, 0.1) is 11.7 Å². The quantitative estimate of drug-likeness (QED) is 0.616. The summed E-state index contributed by atoms with van der Waals surface area (Å²) < 4.78 is 0. The fourth-order valence-corrected chi connectivity index (χ4v) is 2.43. The first kappa shape index (κ1) is 13.8. The van der Waals surface area contributed by atoms with Crippen LogP contribution in [0.3, 0.4) is 0 Å². The second-order valence-electron chi connectivity index (χ2n) is 5.11. The minimum absolute atomic E-state index is 0.168. The van der Waals surface area contributed by atoms with Crippen LogP contribution in [0.25, 0.3) is 0 Å². The van der Waals surface area contributed by atoms with Crippen LogP contribution in [0.15, 0.2) is 18.2 Å². The van der Waals surface area contributed by atoms with E-state index in [1.165, 1.54) is 6.07 Å². The van der Waals surface area contributed by atoms with Gasteiger partial charge in [-0.05, 0) is 49.4 Å². The predicted molar refractivity (Wildman–Crippen MR) is 72.9 cm³/mol. The van der Waals surface area contributed by atoms with Crippen LogP contribution < -0.4 is 11.1 Å². The summed E-state index contributed by atoms with van der Waals surface area (Å²) in [5, 5.41) is 21.8. The minimum Gasteiger partial charge on any atom is -0.478 e. The molecular weight excluding hydrogens is 244 g/mol. The Morgan fingerprint density at radius 3 is 2.63 bits per heavy atom. The molecule has 1 aromatic rings. The molecule has 2 rings (SSSR count). The van der Waals surface area contributed by atoms with Gasteiger partial charge in [-0.15, -0.1) is 0 Å². The van der Waals surface area contributed by atoms with Gasteiger partial charge in [-0.25, -0.2) is 4.79 Å². The highest BCUT2D eigenvalue weighted by Crippen LogP contribution is 2.20. The van der Waals surface area contributed by atoms with E-state index in [9.17, 15) is 9.90 Å². The fraction of sp³-hybridized carbons (Fsp3) is 0.500. The summed E-state index contributed by atoms with van der Waals surface area (Å²) in [7, 11) is 0. The smallest absolute Gasteiger partial charge is 0.335 e. The monoisotopic (exact) mass is 264 g/mol. The molecule has 0 aliphatic heterocycles. The van der Waals surface area contributed by atoms with Gasteiger partial charge in [0.25, 0.3) is 0 Å². The molecule has 0 heterocycles. The highest BCUT2D eigenvalue weighted by atomic mass is 16.4. The fourth-order valence-electron chi connectivity index (χ4n) is 2.43. The summed E-state index contributed by atoms with van der Waals surface area (Å²) in [4.78, 5) is 10.9. The van der Waals surface area contributed by atoms with Crippen molar-refractivity contribution in [1.82, 2.24) is 5.32 Å². The van der Waals surface area contributed by atoms with Crippen molar-refractivity contribution in [2.24, 2.45) is 0 Å². The lowest BCUT2D eigenvalue weighted by Gasteiger charge is -2.26. The summed E-state index contributed by atoms with van der Waals surface area (Å²) in [5.41, 5.74) is 7.53. The number of nitrogen functional groups attached to an aromatic ring is 1. The number of nitrogens with two attached hydrogens (primary N) is 1. The molecule has 0 amide bonds. The first-order valence-corrected chi connectivity index (χ1v) is 6.59. The maximum absolute atomic E-state index is 10.9. The molecule has 1 aliphatic carbocycles. The van der Waals surface area contributed by atoms with E-state index >= 15 is 0 Å². The van der Waals surface area contributed by atoms with E-state index < -0.39 is 5.97 Å². The number of aliphatic hydroxyl groups is 1. The van der Waals surface area contributed by atoms with Crippen molar-refractivity contribution in [1.29, 1.82) is 0 Å². The molecular formula is C14H20N2O3. The summed E-state index contributed by atoms with van der Waals surface area (Å²) >= 11 is 0. The number of carbonyl (C=O) groups is 1. The molecule has 1 saturated carbocycles. The van der Waals surface area contributed by atoms with Crippen molar-refractivity contribution < 1.29 is 15.0 Å². The highest BCUT2D eigenvalue weighted by molar-refractivity contribution is 5.88. The van der Waals surface area contributed by atoms with E-state index in [1.807, 2.05) is 0 Å². The molecule has 1 fully saturated rings. The van der Waals surface area contributed by atoms with Crippen molar-refractivity contribution in [2.75, 3.05) is 5.73 Å². The van der Waals surface area contributed by atoms with Gasteiger partial charge in [0.15, 0.2) is 0 Å². The van der Waals surface area contributed by atoms with Gasteiger partial charge in [-0.1, -0.05) is 0 Å². The van der Waals surface area contributed by atoms with Gasteiger partial charge in [-0.3, -0.25) is 0 Å². The molecule has 5 heteroatoms. The van der Waals surface area contributed by atoms with Crippen LogP contribution in [-0.2, 0) is 6.54 Å². The Kier molecular flexibility index (Phi) is 4.39. The van der Waals surface area contributed by atoms with Gasteiger partial charge in [0.2, 0.25) is 0 Å². The number of nitrogens with one attached hydrogen (secondary N) is 1. The van der Waals surface area contributed by atoms with Gasteiger partial charge in [0, 0.05) is 18.3 Å². The molecule has 0 unspecified atom stereocenters. The van der Waals surface area contributed by atoms with E-state index in [0.717, 1.165) is 31.2 Å². The molecule has 19 heavy (non-hydrogen) atoms. The van der Waals surface area contributed by atoms with Gasteiger partial charge in [-0.2, -0.15) is 0 Å². The Hall–Kier alpha value is -1.59. The van der Waals surface area contributed by atoms with E-state index in [2.05, 4.69) is 5.32 Å².